The average Bonchev–Trinajstić information content (AvgIpc) is 2.49. The number of amides is 1. The van der Waals surface area contributed by atoms with E-state index in [1.165, 1.54) is 5.56 Å². The second-order valence-electron chi connectivity index (χ2n) is 7.88. The van der Waals surface area contributed by atoms with Crippen LogP contribution in [0.1, 0.15) is 46.1 Å². The number of nitrogens with one attached hydrogen (secondary N) is 1. The molecule has 2 rings (SSSR count). The van der Waals surface area contributed by atoms with Crippen molar-refractivity contribution in [1.82, 2.24) is 10.2 Å². The normalized spacial score (nSPS) is 22.3. The van der Waals surface area contributed by atoms with Crippen molar-refractivity contribution in [3.05, 3.63) is 35.9 Å². The number of likely N-dealkylation sites (tertiary alicyclic amines) is 1. The smallest absolute Gasteiger partial charge is 0.237 e. The van der Waals surface area contributed by atoms with E-state index in [9.17, 15) is 4.79 Å². The molecule has 144 valence electrons. The minimum Gasteiger partial charge on any atom is -0.352 e. The quantitative estimate of drug-likeness (QED) is 0.829. The van der Waals surface area contributed by atoms with Crippen LogP contribution in [0.5, 0.6) is 0 Å². The Morgan fingerprint density at radius 1 is 1.28 bits per heavy atom. The van der Waals surface area contributed by atoms with Crippen LogP contribution in [0.2, 0.25) is 0 Å². The molecule has 1 fully saturated rings. The van der Waals surface area contributed by atoms with E-state index in [0.717, 1.165) is 25.9 Å². The maximum absolute atomic E-state index is 12.3. The van der Waals surface area contributed by atoms with Crippen molar-refractivity contribution in [2.24, 2.45) is 11.1 Å². The predicted octanol–water partition coefficient (Wildman–Crippen LogP) is 3.37. The Morgan fingerprint density at radius 2 is 1.88 bits per heavy atom. The molecule has 6 heteroatoms. The highest BCUT2D eigenvalue weighted by atomic mass is 35.5. The Balaban J connectivity index is 0.00000288. The van der Waals surface area contributed by atoms with Gasteiger partial charge in [0.25, 0.3) is 0 Å². The number of hydrogen-bond acceptors (Lipinski definition) is 3. The van der Waals surface area contributed by atoms with Gasteiger partial charge < -0.3 is 11.1 Å². The fourth-order valence-corrected chi connectivity index (χ4v) is 3.09. The summed E-state index contributed by atoms with van der Waals surface area (Å²) in [7, 11) is 0. The molecular formula is C19H33Cl2N3O. The number of carbonyl (C=O) groups excluding carboxylic acids is 1. The molecule has 25 heavy (non-hydrogen) atoms. The third kappa shape index (κ3) is 7.14. The highest BCUT2D eigenvalue weighted by Crippen LogP contribution is 2.21. The van der Waals surface area contributed by atoms with E-state index in [1.807, 2.05) is 26.8 Å². The molecule has 3 N–H and O–H groups in total. The van der Waals surface area contributed by atoms with Gasteiger partial charge in [0.05, 0.1) is 6.04 Å². The molecule has 1 aromatic rings. The van der Waals surface area contributed by atoms with Gasteiger partial charge >= 0.3 is 0 Å². The molecule has 4 nitrogen and oxygen atoms in total. The van der Waals surface area contributed by atoms with Crippen LogP contribution in [0.25, 0.3) is 0 Å². The van der Waals surface area contributed by atoms with Crippen molar-refractivity contribution < 1.29 is 4.79 Å². The largest absolute Gasteiger partial charge is 0.352 e. The third-order valence-corrected chi connectivity index (χ3v) is 4.80. The summed E-state index contributed by atoms with van der Waals surface area (Å²) in [5.41, 5.74) is 7.19. The van der Waals surface area contributed by atoms with Crippen molar-refractivity contribution >= 4 is 30.7 Å². The first-order valence-electron chi connectivity index (χ1n) is 8.61. The number of benzene rings is 1. The van der Waals surface area contributed by atoms with Crippen LogP contribution in [-0.4, -0.2) is 35.5 Å². The summed E-state index contributed by atoms with van der Waals surface area (Å²) in [4.78, 5) is 14.8. The van der Waals surface area contributed by atoms with Gasteiger partial charge in [-0.3, -0.25) is 9.69 Å². The first-order chi connectivity index (χ1) is 10.8. The minimum absolute atomic E-state index is 0. The van der Waals surface area contributed by atoms with Gasteiger partial charge in [-0.2, -0.15) is 0 Å². The Labute approximate surface area is 164 Å². The van der Waals surface area contributed by atoms with Crippen LogP contribution in [-0.2, 0) is 11.3 Å². The lowest BCUT2D eigenvalue weighted by Gasteiger charge is -2.39. The number of nitrogens with two attached hydrogens (primary N) is 1. The zero-order valence-corrected chi connectivity index (χ0v) is 17.3. The lowest BCUT2D eigenvalue weighted by atomic mass is 9.86. The molecule has 1 heterocycles. The summed E-state index contributed by atoms with van der Waals surface area (Å²) < 4.78 is 0. The fourth-order valence-electron chi connectivity index (χ4n) is 3.09. The molecule has 1 aliphatic rings. The van der Waals surface area contributed by atoms with Gasteiger partial charge in [-0.1, -0.05) is 51.1 Å². The van der Waals surface area contributed by atoms with Crippen molar-refractivity contribution in [2.75, 3.05) is 6.54 Å². The zero-order valence-electron chi connectivity index (χ0n) is 15.7. The summed E-state index contributed by atoms with van der Waals surface area (Å²) >= 11 is 0. The number of carbonyl (C=O) groups is 1. The summed E-state index contributed by atoms with van der Waals surface area (Å²) in [6, 6.07) is 10.8. The van der Waals surface area contributed by atoms with Crippen molar-refractivity contribution in [1.29, 1.82) is 0 Å². The van der Waals surface area contributed by atoms with E-state index >= 15 is 0 Å². The van der Waals surface area contributed by atoms with Gasteiger partial charge in [0.15, 0.2) is 0 Å². The van der Waals surface area contributed by atoms with E-state index < -0.39 is 6.04 Å². The molecule has 1 saturated heterocycles. The van der Waals surface area contributed by atoms with Gasteiger partial charge in [0, 0.05) is 25.2 Å². The second-order valence-corrected chi connectivity index (χ2v) is 7.88. The number of nitrogens with zero attached hydrogens (tertiary/aromatic N) is 1. The van der Waals surface area contributed by atoms with E-state index in [4.69, 9.17) is 5.73 Å². The van der Waals surface area contributed by atoms with E-state index in [0.29, 0.717) is 6.04 Å². The van der Waals surface area contributed by atoms with E-state index in [-0.39, 0.29) is 42.2 Å². The molecule has 0 radical (unpaired) electrons. The Bertz CT molecular complexity index is 519. The topological polar surface area (TPSA) is 58.4 Å². The second kappa shape index (κ2) is 10.4. The highest BCUT2D eigenvalue weighted by molar-refractivity contribution is 5.85. The number of piperidine rings is 1. The summed E-state index contributed by atoms with van der Waals surface area (Å²) in [6.07, 6.45) is 1.97. The summed E-state index contributed by atoms with van der Waals surface area (Å²) in [5, 5.41) is 3.15. The molecule has 0 spiro atoms. The van der Waals surface area contributed by atoms with Gasteiger partial charge in [-0.05, 0) is 30.7 Å². The van der Waals surface area contributed by atoms with Gasteiger partial charge in [0.2, 0.25) is 5.91 Å². The fraction of sp³-hybridized carbons (Fsp3) is 0.632. The maximum Gasteiger partial charge on any atom is 0.237 e. The highest BCUT2D eigenvalue weighted by Gasteiger charge is 2.31. The Morgan fingerprint density at radius 3 is 2.40 bits per heavy atom. The zero-order chi connectivity index (χ0) is 17.0. The van der Waals surface area contributed by atoms with Crippen molar-refractivity contribution in [3.63, 3.8) is 0 Å². The predicted molar refractivity (Wildman–Crippen MR) is 109 cm³/mol. The molecule has 1 aliphatic heterocycles. The molecule has 1 amide bonds. The van der Waals surface area contributed by atoms with Crippen LogP contribution in [0.15, 0.2) is 30.3 Å². The van der Waals surface area contributed by atoms with Gasteiger partial charge in [-0.15, -0.1) is 24.8 Å². The molecule has 0 aliphatic carbocycles. The first kappa shape index (κ1) is 24.2. The first-order valence-corrected chi connectivity index (χ1v) is 8.61. The standard InChI is InChI=1S/C19H31N3O.2ClH/c1-14-12-16(21-18(23)17(20)19(2,3)4)10-11-22(14)13-15-8-6-5-7-9-15;;/h5-9,14,16-17H,10-13,20H2,1-4H3,(H,21,23);2*1H/t14?,16?,17-;;/m1../s1. The Kier molecular flexibility index (Phi) is 10.0. The van der Waals surface area contributed by atoms with Crippen LogP contribution in [0.3, 0.4) is 0 Å². The molecular weight excluding hydrogens is 357 g/mol. The van der Waals surface area contributed by atoms with Crippen LogP contribution in [0, 0.1) is 5.41 Å². The third-order valence-electron chi connectivity index (χ3n) is 4.80. The molecule has 0 aromatic heterocycles. The van der Waals surface area contributed by atoms with E-state index in [2.05, 4.69) is 41.4 Å². The molecule has 3 atom stereocenters. The molecule has 1 aromatic carbocycles. The van der Waals surface area contributed by atoms with Crippen LogP contribution in [0.4, 0.5) is 0 Å². The lowest BCUT2D eigenvalue weighted by molar-refractivity contribution is -0.125. The minimum atomic E-state index is -0.458. The van der Waals surface area contributed by atoms with Crippen molar-refractivity contribution in [2.45, 2.75) is 65.2 Å². The Hall–Kier alpha value is -0.810. The van der Waals surface area contributed by atoms with Crippen LogP contribution >= 0.6 is 24.8 Å². The summed E-state index contributed by atoms with van der Waals surface area (Å²) in [6.45, 7) is 10.2. The SMILES string of the molecule is CC1CC(NC(=O)[C@@H](N)C(C)(C)C)CCN1Cc1ccccc1.Cl.Cl. The van der Waals surface area contributed by atoms with Crippen molar-refractivity contribution in [3.8, 4) is 0 Å². The number of halogens is 2. The van der Waals surface area contributed by atoms with Gasteiger partial charge in [-0.25, -0.2) is 0 Å². The van der Waals surface area contributed by atoms with Crippen LogP contribution < -0.4 is 11.1 Å². The number of hydrogen-bond donors (Lipinski definition) is 2. The lowest BCUT2D eigenvalue weighted by Crippen LogP contribution is -2.54. The molecule has 0 saturated carbocycles. The van der Waals surface area contributed by atoms with Gasteiger partial charge in [0.1, 0.15) is 0 Å². The number of rotatable bonds is 4. The monoisotopic (exact) mass is 389 g/mol. The maximum atomic E-state index is 12.3. The average molecular weight is 390 g/mol. The molecule has 2 unspecified atom stereocenters. The van der Waals surface area contributed by atoms with E-state index in [1.54, 1.807) is 0 Å². The summed E-state index contributed by atoms with van der Waals surface area (Å²) in [5.74, 6) is -0.0220. The molecule has 0 bridgehead atoms.